The number of pyridine rings is 1. The van der Waals surface area contributed by atoms with E-state index in [-0.39, 0.29) is 10.5 Å². The van der Waals surface area contributed by atoms with Crippen LogP contribution in [0.1, 0.15) is 18.1 Å². The minimum Gasteiger partial charge on any atom is -0.744 e. The number of aryl methyl sites for hydroxylation is 2. The van der Waals surface area contributed by atoms with Crippen LogP contribution in [-0.4, -0.2) is 41.8 Å². The van der Waals surface area contributed by atoms with E-state index in [9.17, 15) is 17.8 Å². The molecular formula is C23H27N3O4S3. The fourth-order valence-electron chi connectivity index (χ4n) is 3.15. The van der Waals surface area contributed by atoms with Gasteiger partial charge in [-0.2, -0.15) is 0 Å². The summed E-state index contributed by atoms with van der Waals surface area (Å²) in [5.41, 5.74) is 2.18. The number of thioether (sulfide) groups is 1. The SMILES string of the molecule is CCn1c(=O)/c(=C2\SCCN2C)s/c1=C\c1cc[n+](C)cc1.Cc1ccc(S(=O)(=O)[O-])cc1. The molecule has 0 radical (unpaired) electrons. The molecule has 2 aromatic heterocycles. The standard InChI is InChI=1S/C16H20N3OS2.C7H8O3S/c1-4-19-13(11-12-5-7-17(2)8-6-12)22-14(15(19)20)16-18(3)9-10-21-16;1-6-2-4-7(5-3-6)11(8,9)10/h5-8,11H,4,9-10H2,1-3H3;2-5H,1H3,(H,8,9,10)/q+1;/p-1/b16-14+;. The van der Waals surface area contributed by atoms with Crippen LogP contribution in [0, 0.1) is 6.92 Å². The van der Waals surface area contributed by atoms with E-state index in [1.807, 2.05) is 42.4 Å². The molecule has 0 bridgehead atoms. The normalized spacial score (nSPS) is 16.0. The molecule has 0 aliphatic carbocycles. The quantitative estimate of drug-likeness (QED) is 0.393. The van der Waals surface area contributed by atoms with E-state index in [1.165, 1.54) is 12.1 Å². The molecular weight excluding hydrogens is 478 g/mol. The number of nitrogens with zero attached hydrogens (tertiary/aromatic N) is 3. The Balaban J connectivity index is 0.000000235. The Hall–Kier alpha value is -2.40. The number of hydrogen-bond acceptors (Lipinski definition) is 7. The van der Waals surface area contributed by atoms with Crippen LogP contribution in [0.3, 0.4) is 0 Å². The van der Waals surface area contributed by atoms with Gasteiger partial charge in [-0.15, -0.1) is 23.1 Å². The molecule has 4 rings (SSSR count). The molecule has 7 nitrogen and oxygen atoms in total. The van der Waals surface area contributed by atoms with E-state index in [0.29, 0.717) is 6.54 Å². The summed E-state index contributed by atoms with van der Waals surface area (Å²) in [4.78, 5) is 14.7. The maximum absolute atomic E-state index is 12.7. The van der Waals surface area contributed by atoms with Crippen LogP contribution in [0.5, 0.6) is 0 Å². The lowest BCUT2D eigenvalue weighted by molar-refractivity contribution is -0.671. The van der Waals surface area contributed by atoms with E-state index >= 15 is 0 Å². The highest BCUT2D eigenvalue weighted by atomic mass is 32.2. The highest BCUT2D eigenvalue weighted by molar-refractivity contribution is 8.08. The Bertz CT molecular complexity index is 1390. The van der Waals surface area contributed by atoms with Gasteiger partial charge in [-0.25, -0.2) is 13.0 Å². The third-order valence-corrected chi connectivity index (χ3v) is 8.31. The van der Waals surface area contributed by atoms with Crippen molar-refractivity contribution in [3.05, 3.63) is 79.5 Å². The molecule has 10 heteroatoms. The fourth-order valence-corrected chi connectivity index (χ4v) is 6.18. The monoisotopic (exact) mass is 505 g/mol. The van der Waals surface area contributed by atoms with E-state index < -0.39 is 10.1 Å². The molecule has 0 spiro atoms. The zero-order valence-corrected chi connectivity index (χ0v) is 21.5. The summed E-state index contributed by atoms with van der Waals surface area (Å²) in [7, 11) is -0.210. The molecule has 176 valence electrons. The van der Waals surface area contributed by atoms with Gasteiger partial charge in [0.05, 0.1) is 14.6 Å². The number of rotatable bonds is 3. The highest BCUT2D eigenvalue weighted by Gasteiger charge is 2.17. The Morgan fingerprint density at radius 1 is 1.15 bits per heavy atom. The summed E-state index contributed by atoms with van der Waals surface area (Å²) in [5.74, 6) is 1.06. The fraction of sp³-hybridized carbons (Fsp3) is 0.304. The Kier molecular flexibility index (Phi) is 8.17. The van der Waals surface area contributed by atoms with Gasteiger partial charge in [-0.1, -0.05) is 17.7 Å². The summed E-state index contributed by atoms with van der Waals surface area (Å²) < 4.78 is 36.9. The molecule has 3 aromatic rings. The minimum absolute atomic E-state index is 0.136. The highest BCUT2D eigenvalue weighted by Crippen LogP contribution is 2.25. The van der Waals surface area contributed by atoms with Crippen LogP contribution in [0.4, 0.5) is 0 Å². The zero-order valence-electron chi connectivity index (χ0n) is 19.0. The number of thiazole rings is 1. The molecule has 1 aliphatic heterocycles. The van der Waals surface area contributed by atoms with Gasteiger partial charge in [0, 0.05) is 38.0 Å². The van der Waals surface area contributed by atoms with Gasteiger partial charge in [0.25, 0.3) is 5.56 Å². The molecule has 1 aromatic carbocycles. The van der Waals surface area contributed by atoms with Gasteiger partial charge < -0.3 is 9.45 Å². The lowest BCUT2D eigenvalue weighted by Crippen LogP contribution is -2.33. The van der Waals surface area contributed by atoms with Crippen molar-refractivity contribution in [2.75, 3.05) is 19.3 Å². The van der Waals surface area contributed by atoms with Crippen molar-refractivity contribution in [1.29, 1.82) is 0 Å². The first kappa shape index (κ1) is 25.2. The summed E-state index contributed by atoms with van der Waals surface area (Å²) in [5, 5.41) is 1.12. The molecule has 0 unspecified atom stereocenters. The van der Waals surface area contributed by atoms with Gasteiger partial charge >= 0.3 is 0 Å². The molecule has 3 heterocycles. The number of benzene rings is 1. The van der Waals surface area contributed by atoms with Crippen LogP contribution < -0.4 is 19.3 Å². The predicted molar refractivity (Wildman–Crippen MR) is 132 cm³/mol. The third kappa shape index (κ3) is 6.35. The Morgan fingerprint density at radius 3 is 2.30 bits per heavy atom. The van der Waals surface area contributed by atoms with Crippen molar-refractivity contribution in [1.82, 2.24) is 9.47 Å². The smallest absolute Gasteiger partial charge is 0.271 e. The average molecular weight is 506 g/mol. The third-order valence-electron chi connectivity index (χ3n) is 5.04. The van der Waals surface area contributed by atoms with Crippen LogP contribution >= 0.6 is 23.1 Å². The maximum Gasteiger partial charge on any atom is 0.271 e. The van der Waals surface area contributed by atoms with Crippen molar-refractivity contribution in [3.63, 3.8) is 0 Å². The van der Waals surface area contributed by atoms with E-state index in [0.717, 1.165) is 37.6 Å². The van der Waals surface area contributed by atoms with Crippen molar-refractivity contribution < 1.29 is 17.5 Å². The van der Waals surface area contributed by atoms with Crippen LogP contribution in [-0.2, 0) is 23.7 Å². The van der Waals surface area contributed by atoms with Gasteiger partial charge in [0.1, 0.15) is 21.7 Å². The van der Waals surface area contributed by atoms with E-state index in [4.69, 9.17) is 0 Å². The second-order valence-electron chi connectivity index (χ2n) is 7.60. The lowest BCUT2D eigenvalue weighted by atomic mass is 10.2. The first-order valence-corrected chi connectivity index (χ1v) is 13.6. The summed E-state index contributed by atoms with van der Waals surface area (Å²) in [6.07, 6.45) is 6.13. The van der Waals surface area contributed by atoms with Crippen molar-refractivity contribution in [3.8, 4) is 0 Å². The molecule has 0 N–H and O–H groups in total. The number of aromatic nitrogens is 2. The van der Waals surface area contributed by atoms with Crippen LogP contribution in [0.15, 0.2) is 58.5 Å². The van der Waals surface area contributed by atoms with E-state index in [1.54, 1.807) is 35.2 Å². The molecule has 1 fully saturated rings. The first-order valence-electron chi connectivity index (χ1n) is 10.4. The summed E-state index contributed by atoms with van der Waals surface area (Å²) >= 11 is 3.38. The largest absolute Gasteiger partial charge is 0.744 e. The van der Waals surface area contributed by atoms with Gasteiger partial charge in [-0.3, -0.25) is 9.36 Å². The molecule has 1 saturated heterocycles. The second kappa shape index (κ2) is 10.7. The predicted octanol–water partition coefficient (Wildman–Crippen LogP) is 1.23. The molecule has 1 aliphatic rings. The van der Waals surface area contributed by atoms with Gasteiger partial charge in [0.2, 0.25) is 0 Å². The molecule has 0 saturated carbocycles. The maximum atomic E-state index is 12.7. The molecule has 0 amide bonds. The Morgan fingerprint density at radius 2 is 1.79 bits per heavy atom. The zero-order chi connectivity index (χ0) is 24.2. The van der Waals surface area contributed by atoms with E-state index in [2.05, 4.69) is 30.2 Å². The minimum atomic E-state index is -4.27. The second-order valence-corrected chi connectivity index (χ2v) is 11.1. The average Bonchev–Trinajstić information content (AvgIpc) is 3.32. The van der Waals surface area contributed by atoms with Gasteiger partial charge in [-0.05, 0) is 37.6 Å². The van der Waals surface area contributed by atoms with Crippen molar-refractivity contribution in [2.24, 2.45) is 7.05 Å². The topological polar surface area (TPSA) is 86.3 Å². The van der Waals surface area contributed by atoms with Crippen LogP contribution in [0.2, 0.25) is 0 Å². The van der Waals surface area contributed by atoms with Crippen molar-refractivity contribution in [2.45, 2.75) is 25.3 Å². The Labute approximate surface area is 202 Å². The summed E-state index contributed by atoms with van der Waals surface area (Å²) in [6, 6.07) is 9.91. The number of hydrogen-bond donors (Lipinski definition) is 0. The first-order chi connectivity index (χ1) is 15.6. The molecule has 33 heavy (non-hydrogen) atoms. The lowest BCUT2D eigenvalue weighted by Gasteiger charge is -2.08. The van der Waals surface area contributed by atoms with Crippen LogP contribution in [0.25, 0.3) is 11.1 Å². The molecule has 0 atom stereocenters. The van der Waals surface area contributed by atoms with Gasteiger partial charge in [0.15, 0.2) is 12.4 Å². The summed E-state index contributed by atoms with van der Waals surface area (Å²) in [6.45, 7) is 5.55. The van der Waals surface area contributed by atoms with Crippen molar-refractivity contribution >= 4 is 44.3 Å².